The van der Waals surface area contributed by atoms with Crippen LogP contribution in [-0.2, 0) is 6.54 Å². The van der Waals surface area contributed by atoms with Crippen LogP contribution < -0.4 is 5.32 Å². The van der Waals surface area contributed by atoms with Gasteiger partial charge < -0.3 is 19.2 Å². The largest absolute Gasteiger partial charge is 0.467 e. The molecule has 2 atom stereocenters. The lowest BCUT2D eigenvalue weighted by Gasteiger charge is -2.28. The van der Waals surface area contributed by atoms with Crippen LogP contribution in [-0.4, -0.2) is 19.6 Å². The smallest absolute Gasteiger partial charge is 0.170 e. The van der Waals surface area contributed by atoms with Gasteiger partial charge in [0.05, 0.1) is 30.6 Å². The van der Waals surface area contributed by atoms with Crippen LogP contribution in [0.3, 0.4) is 0 Å². The van der Waals surface area contributed by atoms with E-state index in [1.54, 1.807) is 6.26 Å². The molecule has 150 valence electrons. The molecule has 0 saturated carbocycles. The summed E-state index contributed by atoms with van der Waals surface area (Å²) in [5.41, 5.74) is 3.16. The van der Waals surface area contributed by atoms with Gasteiger partial charge >= 0.3 is 0 Å². The van der Waals surface area contributed by atoms with Crippen LogP contribution in [0.4, 0.5) is 0 Å². The molecule has 1 saturated heterocycles. The zero-order valence-corrected chi connectivity index (χ0v) is 18.4. The third-order valence-electron chi connectivity index (χ3n) is 5.27. The number of rotatable bonds is 5. The van der Waals surface area contributed by atoms with Crippen molar-refractivity contribution >= 4 is 33.3 Å². The van der Waals surface area contributed by atoms with E-state index in [1.165, 1.54) is 0 Å². The van der Waals surface area contributed by atoms with Gasteiger partial charge in [-0.25, -0.2) is 0 Å². The summed E-state index contributed by atoms with van der Waals surface area (Å²) in [5.74, 6) is 0.867. The number of thiocarbonyl (C=S) groups is 1. The molecular weight excluding hydrogens is 460 g/mol. The van der Waals surface area contributed by atoms with E-state index in [0.717, 1.165) is 27.3 Å². The molecule has 7 heteroatoms. The molecule has 1 N–H and O–H groups in total. The SMILES string of the molecule is S=C1NC(c2ccccn2)C(c2cccn2-c2cccc(Br)c2)N1Cc1ccco1. The molecule has 1 aliphatic rings. The third kappa shape index (κ3) is 3.55. The molecule has 1 aliphatic heterocycles. The second-order valence-corrected chi connectivity index (χ2v) is 8.42. The fourth-order valence-electron chi connectivity index (χ4n) is 3.96. The van der Waals surface area contributed by atoms with Crippen molar-refractivity contribution in [3.05, 3.63) is 107 Å². The molecular formula is C23H19BrN4OS. The van der Waals surface area contributed by atoms with Crippen molar-refractivity contribution in [2.45, 2.75) is 18.6 Å². The maximum Gasteiger partial charge on any atom is 0.170 e. The first-order valence-corrected chi connectivity index (χ1v) is 10.8. The first-order chi connectivity index (χ1) is 14.7. The minimum Gasteiger partial charge on any atom is -0.467 e. The second kappa shape index (κ2) is 8.08. The van der Waals surface area contributed by atoms with Gasteiger partial charge in [0, 0.05) is 28.2 Å². The summed E-state index contributed by atoms with van der Waals surface area (Å²) in [4.78, 5) is 6.79. The van der Waals surface area contributed by atoms with E-state index in [9.17, 15) is 0 Å². The molecule has 0 bridgehead atoms. The van der Waals surface area contributed by atoms with Gasteiger partial charge in [-0.05, 0) is 66.8 Å². The molecule has 4 heterocycles. The number of nitrogens with one attached hydrogen (secondary N) is 1. The van der Waals surface area contributed by atoms with Crippen molar-refractivity contribution in [2.24, 2.45) is 0 Å². The van der Waals surface area contributed by atoms with E-state index in [4.69, 9.17) is 16.6 Å². The van der Waals surface area contributed by atoms with Gasteiger partial charge in [-0.2, -0.15) is 0 Å². The van der Waals surface area contributed by atoms with Gasteiger partial charge in [-0.1, -0.05) is 28.1 Å². The Labute approximate surface area is 188 Å². The van der Waals surface area contributed by atoms with Gasteiger partial charge in [0.1, 0.15) is 5.76 Å². The summed E-state index contributed by atoms with van der Waals surface area (Å²) in [6.45, 7) is 0.580. The summed E-state index contributed by atoms with van der Waals surface area (Å²) in [6.07, 6.45) is 5.59. The molecule has 5 nitrogen and oxygen atoms in total. The Bertz CT molecular complexity index is 1160. The van der Waals surface area contributed by atoms with Crippen LogP contribution in [0.15, 0.2) is 94.3 Å². The summed E-state index contributed by atoms with van der Waals surface area (Å²) in [6, 6.07) is 22.2. The van der Waals surface area contributed by atoms with Crippen LogP contribution in [0.2, 0.25) is 0 Å². The molecule has 0 aliphatic carbocycles. The molecule has 0 spiro atoms. The molecule has 4 aromatic rings. The van der Waals surface area contributed by atoms with Gasteiger partial charge in [0.25, 0.3) is 0 Å². The number of hydrogen-bond acceptors (Lipinski definition) is 3. The zero-order valence-electron chi connectivity index (χ0n) is 16.0. The molecule has 1 fully saturated rings. The van der Waals surface area contributed by atoms with Gasteiger partial charge in [-0.15, -0.1) is 0 Å². The predicted molar refractivity (Wildman–Crippen MR) is 123 cm³/mol. The number of furan rings is 1. The topological polar surface area (TPSA) is 46.2 Å². The Kier molecular flexibility index (Phi) is 5.14. The molecule has 0 amide bonds. The van der Waals surface area contributed by atoms with Crippen LogP contribution in [0, 0.1) is 0 Å². The van der Waals surface area contributed by atoms with Crippen LogP contribution in [0.25, 0.3) is 5.69 Å². The monoisotopic (exact) mass is 478 g/mol. The highest BCUT2D eigenvalue weighted by Gasteiger charge is 2.41. The van der Waals surface area contributed by atoms with Gasteiger partial charge in [0.2, 0.25) is 0 Å². The Morgan fingerprint density at radius 3 is 2.77 bits per heavy atom. The molecule has 5 rings (SSSR count). The first kappa shape index (κ1) is 19.1. The average Bonchev–Trinajstić information content (AvgIpc) is 3.50. The molecule has 30 heavy (non-hydrogen) atoms. The number of pyridine rings is 1. The van der Waals surface area contributed by atoms with E-state index < -0.39 is 0 Å². The van der Waals surface area contributed by atoms with E-state index in [2.05, 4.69) is 66.2 Å². The quantitative estimate of drug-likeness (QED) is 0.389. The van der Waals surface area contributed by atoms with Crippen molar-refractivity contribution in [3.63, 3.8) is 0 Å². The summed E-state index contributed by atoms with van der Waals surface area (Å²) < 4.78 is 8.86. The highest BCUT2D eigenvalue weighted by molar-refractivity contribution is 9.10. The van der Waals surface area contributed by atoms with E-state index in [0.29, 0.717) is 11.7 Å². The summed E-state index contributed by atoms with van der Waals surface area (Å²) >= 11 is 9.34. The van der Waals surface area contributed by atoms with Crippen LogP contribution in [0.1, 0.15) is 29.2 Å². The fourth-order valence-corrected chi connectivity index (χ4v) is 4.66. The van der Waals surface area contributed by atoms with Crippen LogP contribution >= 0.6 is 28.1 Å². The standard InChI is InChI=1S/C23H19BrN4OS/c24-16-6-3-7-17(14-16)27-12-4-10-20(27)22-21(19-9-1-2-11-25-19)26-23(30)28(22)15-18-8-5-13-29-18/h1-14,21-22H,15H2,(H,26,30). The van der Waals surface area contributed by atoms with Crippen molar-refractivity contribution in [3.8, 4) is 5.69 Å². The lowest BCUT2D eigenvalue weighted by Crippen LogP contribution is -2.29. The van der Waals surface area contributed by atoms with E-state index in [1.807, 2.05) is 48.7 Å². The molecule has 1 aromatic carbocycles. The second-order valence-electron chi connectivity index (χ2n) is 7.12. The zero-order chi connectivity index (χ0) is 20.5. The van der Waals surface area contributed by atoms with E-state index >= 15 is 0 Å². The Hall–Kier alpha value is -2.90. The van der Waals surface area contributed by atoms with Crippen molar-refractivity contribution < 1.29 is 4.42 Å². The number of aromatic nitrogens is 2. The van der Waals surface area contributed by atoms with Crippen molar-refractivity contribution in [1.82, 2.24) is 19.8 Å². The first-order valence-electron chi connectivity index (χ1n) is 9.64. The number of hydrogen-bond donors (Lipinski definition) is 1. The summed E-state index contributed by atoms with van der Waals surface area (Å²) in [7, 11) is 0. The van der Waals surface area contributed by atoms with Crippen LogP contribution in [0.5, 0.6) is 0 Å². The van der Waals surface area contributed by atoms with Gasteiger partial charge in [-0.3, -0.25) is 4.98 Å². The molecule has 3 aromatic heterocycles. The lowest BCUT2D eigenvalue weighted by molar-refractivity contribution is 0.280. The fraction of sp³-hybridized carbons (Fsp3) is 0.130. The highest BCUT2D eigenvalue weighted by atomic mass is 79.9. The molecule has 0 radical (unpaired) electrons. The Balaban J connectivity index is 1.61. The molecule has 2 unspecified atom stereocenters. The summed E-state index contributed by atoms with van der Waals surface area (Å²) in [5, 5.41) is 4.18. The lowest BCUT2D eigenvalue weighted by atomic mass is 10.0. The Morgan fingerprint density at radius 1 is 1.07 bits per heavy atom. The Morgan fingerprint density at radius 2 is 2.00 bits per heavy atom. The minimum atomic E-state index is -0.0746. The average molecular weight is 479 g/mol. The number of nitrogens with zero attached hydrogens (tertiary/aromatic N) is 3. The highest BCUT2D eigenvalue weighted by Crippen LogP contribution is 2.40. The minimum absolute atomic E-state index is 0.0496. The van der Waals surface area contributed by atoms with Crippen molar-refractivity contribution in [2.75, 3.05) is 0 Å². The maximum atomic E-state index is 5.75. The maximum absolute atomic E-state index is 5.75. The van der Waals surface area contributed by atoms with E-state index in [-0.39, 0.29) is 12.1 Å². The normalized spacial score (nSPS) is 18.6. The third-order valence-corrected chi connectivity index (χ3v) is 6.12. The number of benzene rings is 1. The predicted octanol–water partition coefficient (Wildman–Crippen LogP) is 5.40. The number of halogens is 1. The van der Waals surface area contributed by atoms with Crippen molar-refractivity contribution in [1.29, 1.82) is 0 Å². The van der Waals surface area contributed by atoms with Gasteiger partial charge in [0.15, 0.2) is 5.11 Å².